The van der Waals surface area contributed by atoms with Crippen molar-refractivity contribution in [3.05, 3.63) is 10.6 Å². The third-order valence-corrected chi connectivity index (χ3v) is 4.12. The van der Waals surface area contributed by atoms with Gasteiger partial charge in [0, 0.05) is 19.7 Å². The number of hydrogen-bond acceptors (Lipinski definition) is 5. The van der Waals surface area contributed by atoms with Gasteiger partial charge in [-0.3, -0.25) is 4.79 Å². The van der Waals surface area contributed by atoms with Crippen LogP contribution in [0, 0.1) is 0 Å². The first-order chi connectivity index (χ1) is 8.67. The minimum atomic E-state index is 0.399. The lowest BCUT2D eigenvalue weighted by Gasteiger charge is -2.27. The van der Waals surface area contributed by atoms with Crippen molar-refractivity contribution in [2.24, 2.45) is 0 Å². The molecule has 0 N–H and O–H groups in total. The molecule has 102 valence electrons. The van der Waals surface area contributed by atoms with Gasteiger partial charge in [0.25, 0.3) is 0 Å². The Hall–Kier alpha value is -0.940. The van der Waals surface area contributed by atoms with E-state index in [9.17, 15) is 4.79 Å². The normalized spacial score (nSPS) is 12.4. The predicted octanol–water partition coefficient (Wildman–Crippen LogP) is 2.77. The molecule has 0 spiro atoms. The Bertz CT molecular complexity index is 379. The SMILES string of the molecule is CCc1nc(N(CCOC)C(C)CC)sc1C=O. The van der Waals surface area contributed by atoms with E-state index < -0.39 is 0 Å². The molecule has 0 aliphatic carbocycles. The van der Waals surface area contributed by atoms with Crippen molar-refractivity contribution in [1.29, 1.82) is 0 Å². The Balaban J connectivity index is 2.96. The van der Waals surface area contributed by atoms with Crippen LogP contribution in [0.1, 0.15) is 42.6 Å². The summed E-state index contributed by atoms with van der Waals surface area (Å²) in [6.45, 7) is 7.82. The lowest BCUT2D eigenvalue weighted by molar-refractivity contribution is 0.112. The van der Waals surface area contributed by atoms with Crippen molar-refractivity contribution in [3.63, 3.8) is 0 Å². The van der Waals surface area contributed by atoms with E-state index in [2.05, 4.69) is 23.7 Å². The summed E-state index contributed by atoms with van der Waals surface area (Å²) in [4.78, 5) is 18.6. The first-order valence-electron chi connectivity index (χ1n) is 6.38. The quantitative estimate of drug-likeness (QED) is 0.681. The molecule has 0 aliphatic rings. The second-order valence-electron chi connectivity index (χ2n) is 4.22. The Morgan fingerprint density at radius 1 is 1.50 bits per heavy atom. The van der Waals surface area contributed by atoms with Gasteiger partial charge in [0.05, 0.1) is 17.2 Å². The van der Waals surface area contributed by atoms with Gasteiger partial charge in [0.2, 0.25) is 0 Å². The summed E-state index contributed by atoms with van der Waals surface area (Å²) >= 11 is 1.48. The number of thiazole rings is 1. The van der Waals surface area contributed by atoms with Gasteiger partial charge in [0.1, 0.15) is 0 Å². The molecule has 1 heterocycles. The first kappa shape index (κ1) is 15.1. The summed E-state index contributed by atoms with van der Waals surface area (Å²) in [6, 6.07) is 0.399. The highest BCUT2D eigenvalue weighted by atomic mass is 32.1. The Morgan fingerprint density at radius 2 is 2.22 bits per heavy atom. The molecule has 1 aromatic rings. The summed E-state index contributed by atoms with van der Waals surface area (Å²) in [5, 5.41) is 0.931. The number of ether oxygens (including phenoxy) is 1. The molecule has 0 saturated heterocycles. The highest BCUT2D eigenvalue weighted by molar-refractivity contribution is 7.17. The average molecular weight is 270 g/mol. The minimum absolute atomic E-state index is 0.399. The van der Waals surface area contributed by atoms with Crippen LogP contribution in [0.3, 0.4) is 0 Å². The summed E-state index contributed by atoms with van der Waals surface area (Å²) in [5.74, 6) is 0. The molecule has 1 unspecified atom stereocenters. The number of hydrogen-bond donors (Lipinski definition) is 0. The molecular weight excluding hydrogens is 248 g/mol. The van der Waals surface area contributed by atoms with Crippen LogP contribution in [-0.2, 0) is 11.2 Å². The largest absolute Gasteiger partial charge is 0.383 e. The van der Waals surface area contributed by atoms with Crippen LogP contribution in [0.5, 0.6) is 0 Å². The third-order valence-electron chi connectivity index (χ3n) is 3.06. The maximum absolute atomic E-state index is 11.0. The molecule has 0 fully saturated rings. The number of methoxy groups -OCH3 is 1. The van der Waals surface area contributed by atoms with Crippen LogP contribution in [0.15, 0.2) is 0 Å². The van der Waals surface area contributed by atoms with Crippen LogP contribution < -0.4 is 4.90 Å². The number of rotatable bonds is 8. The maximum Gasteiger partial charge on any atom is 0.186 e. The fourth-order valence-electron chi connectivity index (χ4n) is 1.73. The van der Waals surface area contributed by atoms with Crippen molar-refractivity contribution in [2.75, 3.05) is 25.2 Å². The van der Waals surface area contributed by atoms with Gasteiger partial charge in [-0.25, -0.2) is 4.98 Å². The number of aldehydes is 1. The highest BCUT2D eigenvalue weighted by Gasteiger charge is 2.18. The van der Waals surface area contributed by atoms with Gasteiger partial charge in [-0.2, -0.15) is 0 Å². The second kappa shape index (κ2) is 7.48. The molecule has 0 aliphatic heterocycles. The van der Waals surface area contributed by atoms with Crippen molar-refractivity contribution < 1.29 is 9.53 Å². The van der Waals surface area contributed by atoms with E-state index >= 15 is 0 Å². The van der Waals surface area contributed by atoms with E-state index in [1.165, 1.54) is 11.3 Å². The molecule has 1 aromatic heterocycles. The number of anilines is 1. The molecule has 1 atom stereocenters. The Morgan fingerprint density at radius 3 is 2.67 bits per heavy atom. The van der Waals surface area contributed by atoms with E-state index in [1.807, 2.05) is 6.92 Å². The smallest absolute Gasteiger partial charge is 0.186 e. The standard InChI is InChI=1S/C13H22N2O2S/c1-5-10(3)15(7-8-17-4)13-14-11(6-2)12(9-16)18-13/h9-10H,5-8H2,1-4H3. The topological polar surface area (TPSA) is 42.4 Å². The highest BCUT2D eigenvalue weighted by Crippen LogP contribution is 2.27. The second-order valence-corrected chi connectivity index (χ2v) is 5.23. The van der Waals surface area contributed by atoms with Crippen LogP contribution in [0.25, 0.3) is 0 Å². The number of carbonyl (C=O) groups is 1. The molecule has 5 heteroatoms. The predicted molar refractivity (Wildman–Crippen MR) is 75.9 cm³/mol. The summed E-state index contributed by atoms with van der Waals surface area (Å²) in [7, 11) is 1.70. The maximum atomic E-state index is 11.0. The van der Waals surface area contributed by atoms with Gasteiger partial charge in [-0.1, -0.05) is 25.2 Å². The number of aromatic nitrogens is 1. The number of nitrogens with zero attached hydrogens (tertiary/aromatic N) is 2. The van der Waals surface area contributed by atoms with Gasteiger partial charge in [0.15, 0.2) is 11.4 Å². The summed E-state index contributed by atoms with van der Waals surface area (Å²) in [5.41, 5.74) is 0.899. The third kappa shape index (κ3) is 3.53. The van der Waals surface area contributed by atoms with E-state index in [1.54, 1.807) is 7.11 Å². The first-order valence-corrected chi connectivity index (χ1v) is 7.19. The zero-order valence-electron chi connectivity index (χ0n) is 11.6. The van der Waals surface area contributed by atoms with Gasteiger partial charge in [-0.05, 0) is 19.8 Å². The average Bonchev–Trinajstić information content (AvgIpc) is 2.81. The van der Waals surface area contributed by atoms with Gasteiger partial charge >= 0.3 is 0 Å². The molecule has 0 aromatic carbocycles. The molecule has 18 heavy (non-hydrogen) atoms. The summed E-state index contributed by atoms with van der Waals surface area (Å²) < 4.78 is 5.14. The van der Waals surface area contributed by atoms with Gasteiger partial charge < -0.3 is 9.64 Å². The van der Waals surface area contributed by atoms with Crippen molar-refractivity contribution in [3.8, 4) is 0 Å². The molecule has 0 amide bonds. The molecule has 0 bridgehead atoms. The van der Waals surface area contributed by atoms with Crippen molar-refractivity contribution >= 4 is 22.8 Å². The molecule has 1 rings (SSSR count). The van der Waals surface area contributed by atoms with Gasteiger partial charge in [-0.15, -0.1) is 0 Å². The fourth-order valence-corrected chi connectivity index (χ4v) is 2.83. The van der Waals surface area contributed by atoms with E-state index in [-0.39, 0.29) is 0 Å². The number of carbonyl (C=O) groups excluding carboxylic acids is 1. The number of aryl methyl sites for hydroxylation is 1. The molecule has 4 nitrogen and oxygen atoms in total. The lowest BCUT2D eigenvalue weighted by atomic mass is 10.2. The van der Waals surface area contributed by atoms with E-state index in [0.29, 0.717) is 12.6 Å². The fraction of sp³-hybridized carbons (Fsp3) is 0.692. The van der Waals surface area contributed by atoms with Crippen molar-refractivity contribution in [1.82, 2.24) is 4.98 Å². The monoisotopic (exact) mass is 270 g/mol. The van der Waals surface area contributed by atoms with E-state index in [4.69, 9.17) is 4.74 Å². The van der Waals surface area contributed by atoms with E-state index in [0.717, 1.165) is 41.4 Å². The zero-order valence-corrected chi connectivity index (χ0v) is 12.4. The molecule has 0 radical (unpaired) electrons. The minimum Gasteiger partial charge on any atom is -0.383 e. The van der Waals surface area contributed by atoms with Crippen LogP contribution in [-0.4, -0.2) is 37.6 Å². The zero-order chi connectivity index (χ0) is 13.5. The lowest BCUT2D eigenvalue weighted by Crippen LogP contribution is -2.35. The van der Waals surface area contributed by atoms with Crippen molar-refractivity contribution in [2.45, 2.75) is 39.7 Å². The Labute approximate surface area is 113 Å². The summed E-state index contributed by atoms with van der Waals surface area (Å²) in [6.07, 6.45) is 2.75. The van der Waals surface area contributed by atoms with Crippen LogP contribution in [0.4, 0.5) is 5.13 Å². The van der Waals surface area contributed by atoms with Crippen LogP contribution in [0.2, 0.25) is 0 Å². The molecule has 0 saturated carbocycles. The van der Waals surface area contributed by atoms with Crippen LogP contribution >= 0.6 is 11.3 Å². The Kier molecular flexibility index (Phi) is 6.29. The molecular formula is C13H22N2O2S.